The zero-order chi connectivity index (χ0) is 21.8. The monoisotopic (exact) mass is 427 g/mol. The highest BCUT2D eigenvalue weighted by molar-refractivity contribution is 6.06. The number of hydrogen-bond acceptors (Lipinski definition) is 5. The minimum atomic E-state index is 0.134. The largest absolute Gasteiger partial charge is 0.379 e. The van der Waals surface area contributed by atoms with Crippen LogP contribution in [-0.4, -0.2) is 76.4 Å². The number of unbranched alkanes of at least 4 members (excludes halogenated alkanes) is 3. The first-order valence-electron chi connectivity index (χ1n) is 12.0. The third-order valence-corrected chi connectivity index (χ3v) is 6.57. The number of nitrogens with zero attached hydrogens (tertiary/aromatic N) is 5. The van der Waals surface area contributed by atoms with Crippen molar-refractivity contribution in [3.63, 3.8) is 0 Å². The van der Waals surface area contributed by atoms with E-state index in [1.54, 1.807) is 0 Å². The van der Waals surface area contributed by atoms with Gasteiger partial charge in [-0.15, -0.1) is 0 Å². The molecule has 0 spiro atoms. The van der Waals surface area contributed by atoms with Crippen molar-refractivity contribution in [2.75, 3.05) is 45.9 Å². The second-order valence-electron chi connectivity index (χ2n) is 9.08. The van der Waals surface area contributed by atoms with E-state index in [0.29, 0.717) is 5.92 Å². The molecule has 4 rings (SSSR count). The zero-order valence-electron chi connectivity index (χ0n) is 19.4. The van der Waals surface area contributed by atoms with Crippen LogP contribution in [0.3, 0.4) is 0 Å². The predicted molar refractivity (Wildman–Crippen MR) is 123 cm³/mol. The Balaban J connectivity index is 1.59. The number of ether oxygens (including phenoxy) is 1. The molecule has 31 heavy (non-hydrogen) atoms. The van der Waals surface area contributed by atoms with Crippen LogP contribution in [0, 0.1) is 6.92 Å². The van der Waals surface area contributed by atoms with Crippen LogP contribution < -0.4 is 0 Å². The van der Waals surface area contributed by atoms with Crippen molar-refractivity contribution in [2.24, 2.45) is 7.05 Å². The molecule has 0 N–H and O–H groups in total. The minimum absolute atomic E-state index is 0.134. The maximum absolute atomic E-state index is 13.9. The molecular formula is C24H37N5O2. The number of aryl methyl sites for hydroxylation is 2. The average molecular weight is 428 g/mol. The fraction of sp³-hybridized carbons (Fsp3) is 0.708. The molecule has 0 bridgehead atoms. The first-order chi connectivity index (χ1) is 15.1. The summed E-state index contributed by atoms with van der Waals surface area (Å²) in [5.74, 6) is 0.632. The third kappa shape index (κ3) is 5.26. The van der Waals surface area contributed by atoms with Crippen molar-refractivity contribution in [3.8, 4) is 0 Å². The van der Waals surface area contributed by atoms with E-state index >= 15 is 0 Å². The number of carbonyl (C=O) groups excluding carboxylic acids is 1. The van der Waals surface area contributed by atoms with Gasteiger partial charge in [0.25, 0.3) is 5.91 Å². The molecule has 1 aliphatic carbocycles. The summed E-state index contributed by atoms with van der Waals surface area (Å²) in [7, 11) is 1.92. The van der Waals surface area contributed by atoms with Gasteiger partial charge in [-0.3, -0.25) is 14.4 Å². The molecule has 170 valence electrons. The Hall–Kier alpha value is -1.99. The molecule has 2 aliphatic rings. The number of fused-ring (bicyclic) bond motifs is 1. The van der Waals surface area contributed by atoms with Crippen LogP contribution in [-0.2, 0) is 11.8 Å². The lowest BCUT2D eigenvalue weighted by Gasteiger charge is -2.30. The first kappa shape index (κ1) is 22.2. The molecule has 2 fully saturated rings. The van der Waals surface area contributed by atoms with Gasteiger partial charge < -0.3 is 9.64 Å². The molecule has 2 aromatic rings. The Bertz CT molecular complexity index is 899. The molecule has 0 aromatic carbocycles. The lowest BCUT2D eigenvalue weighted by Crippen LogP contribution is -2.43. The molecule has 2 aromatic heterocycles. The van der Waals surface area contributed by atoms with E-state index < -0.39 is 0 Å². The Morgan fingerprint density at radius 2 is 1.97 bits per heavy atom. The van der Waals surface area contributed by atoms with Crippen LogP contribution in [0.4, 0.5) is 0 Å². The van der Waals surface area contributed by atoms with E-state index in [1.165, 1.54) is 32.1 Å². The summed E-state index contributed by atoms with van der Waals surface area (Å²) in [5.41, 5.74) is 3.56. The molecule has 0 radical (unpaired) electrons. The van der Waals surface area contributed by atoms with Gasteiger partial charge >= 0.3 is 0 Å². The maximum atomic E-state index is 13.9. The smallest absolute Gasteiger partial charge is 0.254 e. The van der Waals surface area contributed by atoms with Crippen molar-refractivity contribution in [1.29, 1.82) is 0 Å². The Labute approximate surface area is 185 Å². The SMILES string of the molecule is CCCCCCN(CCN1CCOCC1)C(=O)c1cc(C2CC2)nc2c1c(C)nn2C. The zero-order valence-corrected chi connectivity index (χ0v) is 19.4. The van der Waals surface area contributed by atoms with E-state index in [1.807, 2.05) is 18.7 Å². The predicted octanol–water partition coefficient (Wildman–Crippen LogP) is 3.51. The van der Waals surface area contributed by atoms with E-state index in [9.17, 15) is 4.79 Å². The summed E-state index contributed by atoms with van der Waals surface area (Å²) in [6, 6.07) is 2.06. The first-order valence-corrected chi connectivity index (χ1v) is 12.0. The van der Waals surface area contributed by atoms with E-state index in [0.717, 1.165) is 80.3 Å². The molecule has 1 aliphatic heterocycles. The van der Waals surface area contributed by atoms with Gasteiger partial charge in [0.2, 0.25) is 0 Å². The van der Waals surface area contributed by atoms with Crippen LogP contribution in [0.1, 0.15) is 73.1 Å². The average Bonchev–Trinajstić information content (AvgIpc) is 3.59. The molecule has 0 unspecified atom stereocenters. The van der Waals surface area contributed by atoms with Crippen LogP contribution in [0.5, 0.6) is 0 Å². The highest BCUT2D eigenvalue weighted by Crippen LogP contribution is 2.40. The van der Waals surface area contributed by atoms with Gasteiger partial charge in [-0.05, 0) is 32.3 Å². The molecule has 1 saturated carbocycles. The fourth-order valence-corrected chi connectivity index (χ4v) is 4.52. The summed E-state index contributed by atoms with van der Waals surface area (Å²) in [5, 5.41) is 5.50. The summed E-state index contributed by atoms with van der Waals surface area (Å²) < 4.78 is 7.31. The molecule has 1 saturated heterocycles. The van der Waals surface area contributed by atoms with Crippen molar-refractivity contribution >= 4 is 16.9 Å². The topological polar surface area (TPSA) is 63.5 Å². The van der Waals surface area contributed by atoms with Gasteiger partial charge in [-0.2, -0.15) is 5.10 Å². The summed E-state index contributed by atoms with van der Waals surface area (Å²) in [6.07, 6.45) is 6.98. The lowest BCUT2D eigenvalue weighted by molar-refractivity contribution is 0.0324. The quantitative estimate of drug-likeness (QED) is 0.543. The molecular weight excluding hydrogens is 390 g/mol. The summed E-state index contributed by atoms with van der Waals surface area (Å²) in [6.45, 7) is 10.1. The van der Waals surface area contributed by atoms with Gasteiger partial charge in [0, 0.05) is 51.4 Å². The van der Waals surface area contributed by atoms with Crippen LogP contribution >= 0.6 is 0 Å². The molecule has 7 heteroatoms. The number of pyridine rings is 1. The van der Waals surface area contributed by atoms with Crippen molar-refractivity contribution in [2.45, 2.75) is 58.3 Å². The van der Waals surface area contributed by atoms with Crippen LogP contribution in [0.25, 0.3) is 11.0 Å². The van der Waals surface area contributed by atoms with Gasteiger partial charge in [0.1, 0.15) is 0 Å². The highest BCUT2D eigenvalue weighted by Gasteiger charge is 2.29. The second kappa shape index (κ2) is 10.1. The van der Waals surface area contributed by atoms with Gasteiger partial charge in [-0.25, -0.2) is 4.98 Å². The fourth-order valence-electron chi connectivity index (χ4n) is 4.52. The van der Waals surface area contributed by atoms with Gasteiger partial charge in [-0.1, -0.05) is 26.2 Å². The molecule has 0 atom stereocenters. The van der Waals surface area contributed by atoms with Crippen LogP contribution in [0.15, 0.2) is 6.07 Å². The number of carbonyl (C=O) groups is 1. The third-order valence-electron chi connectivity index (χ3n) is 6.57. The minimum Gasteiger partial charge on any atom is -0.379 e. The van der Waals surface area contributed by atoms with Gasteiger partial charge in [0.05, 0.1) is 29.9 Å². The summed E-state index contributed by atoms with van der Waals surface area (Å²) in [4.78, 5) is 23.2. The number of hydrogen-bond donors (Lipinski definition) is 0. The van der Waals surface area contributed by atoms with Crippen LogP contribution in [0.2, 0.25) is 0 Å². The second-order valence-corrected chi connectivity index (χ2v) is 9.08. The number of morpholine rings is 1. The Kier molecular flexibility index (Phi) is 7.23. The summed E-state index contributed by atoms with van der Waals surface area (Å²) >= 11 is 0. The van der Waals surface area contributed by atoms with E-state index in [4.69, 9.17) is 9.72 Å². The Morgan fingerprint density at radius 1 is 1.19 bits per heavy atom. The standard InChI is InChI=1S/C24H37N5O2/c1-4-5-6-7-10-29(12-11-28-13-15-31-16-14-28)24(30)20-17-21(19-8-9-19)25-23-22(20)18(2)26-27(23)3/h17,19H,4-16H2,1-3H3. The molecule has 7 nitrogen and oxygen atoms in total. The lowest BCUT2D eigenvalue weighted by atomic mass is 10.1. The number of rotatable bonds is 10. The Morgan fingerprint density at radius 3 is 2.68 bits per heavy atom. The van der Waals surface area contributed by atoms with Crippen molar-refractivity contribution in [1.82, 2.24) is 24.6 Å². The van der Waals surface area contributed by atoms with E-state index in [2.05, 4.69) is 27.9 Å². The van der Waals surface area contributed by atoms with Crippen molar-refractivity contribution in [3.05, 3.63) is 23.0 Å². The van der Waals surface area contributed by atoms with Gasteiger partial charge in [0.15, 0.2) is 5.65 Å². The van der Waals surface area contributed by atoms with E-state index in [-0.39, 0.29) is 5.91 Å². The highest BCUT2D eigenvalue weighted by atomic mass is 16.5. The number of aromatic nitrogens is 3. The molecule has 1 amide bonds. The molecule has 3 heterocycles. The number of amides is 1. The van der Waals surface area contributed by atoms with Crippen molar-refractivity contribution < 1.29 is 9.53 Å². The maximum Gasteiger partial charge on any atom is 0.254 e. The normalized spacial score (nSPS) is 17.4.